The van der Waals surface area contributed by atoms with E-state index in [0.717, 1.165) is 0 Å². The Morgan fingerprint density at radius 2 is 0.933 bits per heavy atom. The minimum absolute atomic E-state index is 0.206. The third-order valence-electron chi connectivity index (χ3n) is 6.60. The Labute approximate surface area is 198 Å². The minimum atomic E-state index is -2.51. The fourth-order valence-corrected chi connectivity index (χ4v) is 27.4. The van der Waals surface area contributed by atoms with E-state index in [-0.39, 0.29) is 16.2 Å². The van der Waals surface area contributed by atoms with Crippen LogP contribution < -0.4 is 2.89 Å². The monoisotopic (exact) mass is 542 g/mol. The van der Waals surface area contributed by atoms with E-state index < -0.39 is 18.4 Å². The van der Waals surface area contributed by atoms with Crippen molar-refractivity contribution in [3.63, 3.8) is 0 Å². The molecule has 0 aliphatic heterocycles. The van der Waals surface area contributed by atoms with Crippen LogP contribution >= 0.6 is 11.3 Å². The maximum atomic E-state index is 2.50. The molecule has 1 rings (SSSR count). The Bertz CT molecular complexity index is 624. The van der Waals surface area contributed by atoms with E-state index in [0.29, 0.717) is 0 Å². The molecule has 0 radical (unpaired) electrons. The second kappa shape index (κ2) is 11.1. The molecule has 0 saturated heterocycles. The van der Waals surface area contributed by atoms with Crippen LogP contribution in [0.4, 0.5) is 0 Å². The van der Waals surface area contributed by atoms with Crippen LogP contribution in [0.15, 0.2) is 0 Å². The summed E-state index contributed by atoms with van der Waals surface area (Å²) in [5.74, 6) is 0. The fraction of sp³-hybridized carbons (Fsp3) is 0.857. The van der Waals surface area contributed by atoms with Gasteiger partial charge in [-0.15, -0.1) is 0 Å². The summed E-state index contributed by atoms with van der Waals surface area (Å²) in [6.45, 7) is 29.4. The molecule has 1 aromatic rings. The Hall–Kier alpha value is 0.499. The molecule has 0 aliphatic carbocycles. The van der Waals surface area contributed by atoms with Gasteiger partial charge in [-0.1, -0.05) is 0 Å². The van der Waals surface area contributed by atoms with Gasteiger partial charge in [-0.2, -0.15) is 0 Å². The van der Waals surface area contributed by atoms with Crippen LogP contribution in [0, 0.1) is 0 Å². The van der Waals surface area contributed by atoms with Crippen LogP contribution in [0.1, 0.15) is 138 Å². The first-order valence-corrected chi connectivity index (χ1v) is 21.1. The normalized spacial score (nSPS) is 13.9. The van der Waals surface area contributed by atoms with Gasteiger partial charge >= 0.3 is 200 Å². The van der Waals surface area contributed by atoms with Crippen molar-refractivity contribution < 1.29 is 0 Å². The third kappa shape index (κ3) is 7.00. The molecule has 0 spiro atoms. The molecule has 0 N–H and O–H groups in total. The Balaban J connectivity index is 3.99. The summed E-state index contributed by atoms with van der Waals surface area (Å²) in [7, 11) is 0. The molecular formula is C28H54SSn. The maximum absolute atomic E-state index is 2.51. The molecule has 0 bridgehead atoms. The van der Waals surface area contributed by atoms with Crippen molar-refractivity contribution in [1.82, 2.24) is 0 Å². The zero-order valence-electron chi connectivity index (χ0n) is 22.8. The van der Waals surface area contributed by atoms with Gasteiger partial charge in [0.15, 0.2) is 0 Å². The van der Waals surface area contributed by atoms with E-state index in [1.54, 1.807) is 29.3 Å². The Kier molecular flexibility index (Phi) is 10.5. The van der Waals surface area contributed by atoms with Crippen LogP contribution in [0.2, 0.25) is 13.3 Å². The van der Waals surface area contributed by atoms with Gasteiger partial charge in [0.25, 0.3) is 0 Å². The number of hydrogen-bond acceptors (Lipinski definition) is 1. The predicted octanol–water partition coefficient (Wildman–Crippen LogP) is 9.70. The first-order valence-electron chi connectivity index (χ1n) is 12.8. The van der Waals surface area contributed by atoms with Crippen LogP contribution in [-0.4, -0.2) is 18.4 Å². The van der Waals surface area contributed by atoms with Crippen molar-refractivity contribution in [2.75, 3.05) is 0 Å². The van der Waals surface area contributed by atoms with Crippen molar-refractivity contribution in [3.8, 4) is 0 Å². The molecular weight excluding hydrogens is 487 g/mol. The second-order valence-electron chi connectivity index (χ2n) is 12.9. The van der Waals surface area contributed by atoms with Crippen molar-refractivity contribution in [2.24, 2.45) is 0 Å². The molecule has 0 aromatic carbocycles. The van der Waals surface area contributed by atoms with Gasteiger partial charge in [0.1, 0.15) is 0 Å². The standard InChI is InChI=1S/C16H27S.3C4H9.Sn/c1-14(2,3)11-10-17-13(16(7,8)9)12(11)15(4,5)6;3*1-3-4-2;/h1-9H3;3*1,3-4H2,2H3;. The van der Waals surface area contributed by atoms with E-state index in [4.69, 9.17) is 0 Å². The summed E-state index contributed by atoms with van der Waals surface area (Å²) in [6.07, 6.45) is 8.39. The second-order valence-corrected chi connectivity index (χ2v) is 27.9. The van der Waals surface area contributed by atoms with Crippen LogP contribution in [-0.2, 0) is 16.2 Å². The van der Waals surface area contributed by atoms with E-state index in [1.165, 1.54) is 38.5 Å². The number of rotatable bonds is 10. The summed E-state index contributed by atoms with van der Waals surface area (Å²) in [4.78, 5) is 1.69. The van der Waals surface area contributed by atoms with Gasteiger partial charge in [-0.05, 0) is 0 Å². The molecule has 30 heavy (non-hydrogen) atoms. The number of thiophene rings is 1. The molecule has 2 heteroatoms. The molecule has 176 valence electrons. The quantitative estimate of drug-likeness (QED) is 0.259. The van der Waals surface area contributed by atoms with Crippen molar-refractivity contribution >= 4 is 32.6 Å². The van der Waals surface area contributed by atoms with Gasteiger partial charge in [-0.3, -0.25) is 0 Å². The SMILES string of the molecule is CCC[CH2][Sn]([CH2]CCC)([CH2]CCC)[c]1sc(C(C)(C)C)c(C(C)(C)C)c1C(C)(C)C. The van der Waals surface area contributed by atoms with Crippen molar-refractivity contribution in [2.45, 2.75) is 151 Å². The Morgan fingerprint density at radius 1 is 0.567 bits per heavy atom. The molecule has 1 aromatic heterocycles. The van der Waals surface area contributed by atoms with E-state index in [9.17, 15) is 0 Å². The van der Waals surface area contributed by atoms with Gasteiger partial charge in [0, 0.05) is 0 Å². The molecule has 1 heterocycles. The third-order valence-corrected chi connectivity index (χ3v) is 26.5. The molecule has 0 aliphatic rings. The van der Waals surface area contributed by atoms with Crippen LogP contribution in [0.5, 0.6) is 0 Å². The van der Waals surface area contributed by atoms with Gasteiger partial charge in [-0.25, -0.2) is 0 Å². The predicted molar refractivity (Wildman–Crippen MR) is 145 cm³/mol. The van der Waals surface area contributed by atoms with Gasteiger partial charge in [0.05, 0.1) is 0 Å². The van der Waals surface area contributed by atoms with Gasteiger partial charge in [0.2, 0.25) is 0 Å². The number of hydrogen-bond donors (Lipinski definition) is 0. The topological polar surface area (TPSA) is 0 Å². The summed E-state index contributed by atoms with van der Waals surface area (Å²) in [6, 6.07) is 0. The fourth-order valence-electron chi connectivity index (χ4n) is 5.02. The molecule has 0 atom stereocenters. The van der Waals surface area contributed by atoms with Crippen LogP contribution in [0.3, 0.4) is 0 Å². The molecule has 0 amide bonds. The average Bonchev–Trinajstić information content (AvgIpc) is 3.04. The van der Waals surface area contributed by atoms with Gasteiger partial charge < -0.3 is 0 Å². The first kappa shape index (κ1) is 28.5. The summed E-state index contributed by atoms with van der Waals surface area (Å²) in [5, 5.41) is 0. The zero-order valence-corrected chi connectivity index (χ0v) is 26.4. The average molecular weight is 542 g/mol. The van der Waals surface area contributed by atoms with E-state index >= 15 is 0 Å². The van der Waals surface area contributed by atoms with Crippen LogP contribution in [0.25, 0.3) is 0 Å². The molecule has 0 nitrogen and oxygen atoms in total. The van der Waals surface area contributed by atoms with Crippen molar-refractivity contribution in [3.05, 3.63) is 16.0 Å². The first-order chi connectivity index (χ1) is 13.7. The summed E-state index contributed by atoms with van der Waals surface area (Å²) in [5.41, 5.74) is 4.17. The van der Waals surface area contributed by atoms with E-state index in [2.05, 4.69) is 94.4 Å². The molecule has 0 fully saturated rings. The molecule has 0 saturated carbocycles. The van der Waals surface area contributed by atoms with Crippen molar-refractivity contribution in [1.29, 1.82) is 0 Å². The Morgan fingerprint density at radius 3 is 1.20 bits per heavy atom. The van der Waals surface area contributed by atoms with E-state index in [1.807, 2.05) is 2.89 Å². The molecule has 0 unspecified atom stereocenters. The summed E-state index contributed by atoms with van der Waals surface area (Å²) < 4.78 is 6.69. The zero-order chi connectivity index (χ0) is 23.4. The summed E-state index contributed by atoms with van der Waals surface area (Å²) >= 11 is -0.212. The number of unbranched alkanes of at least 4 members (excludes halogenated alkanes) is 3.